The van der Waals surface area contributed by atoms with Gasteiger partial charge >= 0.3 is 0 Å². The van der Waals surface area contributed by atoms with Crippen molar-refractivity contribution in [2.24, 2.45) is 5.41 Å². The molecule has 0 aromatic rings. The highest BCUT2D eigenvalue weighted by atomic mass is 35.5. The van der Waals surface area contributed by atoms with E-state index in [1.165, 1.54) is 0 Å². The lowest BCUT2D eigenvalue weighted by Crippen LogP contribution is -2.38. The van der Waals surface area contributed by atoms with Crippen molar-refractivity contribution in [2.45, 2.75) is 0 Å². The van der Waals surface area contributed by atoms with Gasteiger partial charge in [-0.2, -0.15) is 0 Å². The van der Waals surface area contributed by atoms with Crippen LogP contribution in [0.25, 0.3) is 0 Å². The number of hydrogen-bond donors (Lipinski definition) is 3. The fourth-order valence-corrected chi connectivity index (χ4v) is 0.619. The summed E-state index contributed by atoms with van der Waals surface area (Å²) >= 11 is 5.21. The minimum absolute atomic E-state index is 0.0122. The van der Waals surface area contributed by atoms with E-state index in [-0.39, 0.29) is 32.5 Å². The van der Waals surface area contributed by atoms with Crippen molar-refractivity contribution in [2.75, 3.05) is 32.5 Å². The minimum Gasteiger partial charge on any atom is -0.396 e. The standard InChI is InChI=1S/C6H13ClO4/c7-5-11-4-6(1-8,2-9)3-10/h8-10H,1-5H2. The molecule has 0 bridgehead atoms. The Bertz CT molecular complexity index is 86.3. The van der Waals surface area contributed by atoms with Gasteiger partial charge in [-0.15, -0.1) is 0 Å². The number of ether oxygens (including phenoxy) is 1. The molecule has 0 aliphatic carbocycles. The first-order valence-electron chi connectivity index (χ1n) is 3.21. The van der Waals surface area contributed by atoms with Crippen LogP contribution in [0.15, 0.2) is 0 Å². The molecule has 0 radical (unpaired) electrons. The van der Waals surface area contributed by atoms with Gasteiger partial charge in [0.25, 0.3) is 0 Å². The topological polar surface area (TPSA) is 69.9 Å². The van der Waals surface area contributed by atoms with Crippen LogP contribution in [-0.2, 0) is 4.74 Å². The van der Waals surface area contributed by atoms with E-state index in [0.717, 1.165) is 0 Å². The van der Waals surface area contributed by atoms with Crippen LogP contribution < -0.4 is 0 Å². The molecule has 0 amide bonds. The molecule has 0 aromatic heterocycles. The molecule has 0 spiro atoms. The van der Waals surface area contributed by atoms with Crippen molar-refractivity contribution in [1.82, 2.24) is 0 Å². The van der Waals surface area contributed by atoms with Crippen LogP contribution in [0.2, 0.25) is 0 Å². The molecule has 11 heavy (non-hydrogen) atoms. The third-order valence-electron chi connectivity index (χ3n) is 1.49. The second kappa shape index (κ2) is 5.74. The van der Waals surface area contributed by atoms with Crippen molar-refractivity contribution in [3.8, 4) is 0 Å². The number of rotatable bonds is 6. The number of alkyl halides is 1. The molecule has 0 saturated heterocycles. The highest BCUT2D eigenvalue weighted by molar-refractivity contribution is 6.17. The molecule has 68 valence electrons. The summed E-state index contributed by atoms with van der Waals surface area (Å²) in [5, 5.41) is 26.3. The van der Waals surface area contributed by atoms with Crippen LogP contribution in [-0.4, -0.2) is 47.8 Å². The van der Waals surface area contributed by atoms with E-state index in [9.17, 15) is 0 Å². The molecule has 3 N–H and O–H groups in total. The highest BCUT2D eigenvalue weighted by Gasteiger charge is 2.28. The van der Waals surface area contributed by atoms with Crippen LogP contribution in [0.5, 0.6) is 0 Å². The summed E-state index contributed by atoms with van der Waals surface area (Å²) in [6.07, 6.45) is 0. The number of hydrogen-bond acceptors (Lipinski definition) is 4. The molecule has 5 heteroatoms. The zero-order valence-corrected chi connectivity index (χ0v) is 6.92. The highest BCUT2D eigenvalue weighted by Crippen LogP contribution is 2.14. The third-order valence-corrected chi connectivity index (χ3v) is 1.65. The number of aliphatic hydroxyl groups is 3. The molecule has 0 fully saturated rings. The smallest absolute Gasteiger partial charge is 0.120 e. The summed E-state index contributed by atoms with van der Waals surface area (Å²) in [5.41, 5.74) is -0.963. The van der Waals surface area contributed by atoms with Crippen molar-refractivity contribution >= 4 is 11.6 Å². The van der Waals surface area contributed by atoms with Gasteiger partial charge in [0.2, 0.25) is 0 Å². The fourth-order valence-electron chi connectivity index (χ4n) is 0.542. The maximum absolute atomic E-state index is 8.76. The van der Waals surface area contributed by atoms with Crippen LogP contribution in [0, 0.1) is 5.41 Å². The summed E-state index contributed by atoms with van der Waals surface area (Å²) in [6, 6.07) is -0.0122. The van der Waals surface area contributed by atoms with Crippen molar-refractivity contribution in [3.05, 3.63) is 0 Å². The van der Waals surface area contributed by atoms with E-state index >= 15 is 0 Å². The molecule has 0 aromatic carbocycles. The van der Waals surface area contributed by atoms with E-state index in [0.29, 0.717) is 0 Å². The number of halogens is 1. The predicted molar refractivity (Wildman–Crippen MR) is 40.4 cm³/mol. The first-order valence-corrected chi connectivity index (χ1v) is 3.74. The van der Waals surface area contributed by atoms with E-state index in [1.54, 1.807) is 0 Å². The molecule has 0 unspecified atom stereocenters. The Balaban J connectivity index is 3.84. The first-order chi connectivity index (χ1) is 5.24. The van der Waals surface area contributed by atoms with E-state index in [2.05, 4.69) is 0 Å². The lowest BCUT2D eigenvalue weighted by molar-refractivity contribution is -0.0492. The van der Waals surface area contributed by atoms with Crippen molar-refractivity contribution in [1.29, 1.82) is 0 Å². The first kappa shape index (κ1) is 11.1. The Morgan fingerprint density at radius 3 is 1.82 bits per heavy atom. The molecule has 0 saturated carbocycles. The Labute approximate surface area is 70.4 Å². The molecule has 0 aliphatic heterocycles. The monoisotopic (exact) mass is 184 g/mol. The van der Waals surface area contributed by atoms with Gasteiger partial charge in [-0.25, -0.2) is 0 Å². The second-order valence-corrected chi connectivity index (χ2v) is 2.65. The van der Waals surface area contributed by atoms with E-state index in [1.807, 2.05) is 0 Å². The Morgan fingerprint density at radius 2 is 1.55 bits per heavy atom. The van der Waals surface area contributed by atoms with Crippen molar-refractivity contribution in [3.63, 3.8) is 0 Å². The molecule has 0 atom stereocenters. The lowest BCUT2D eigenvalue weighted by atomic mass is 9.93. The number of aliphatic hydroxyl groups excluding tert-OH is 3. The molecular formula is C6H13ClO4. The quantitative estimate of drug-likeness (QED) is 0.471. The second-order valence-electron chi connectivity index (χ2n) is 2.43. The van der Waals surface area contributed by atoms with Crippen LogP contribution in [0.3, 0.4) is 0 Å². The van der Waals surface area contributed by atoms with Crippen LogP contribution in [0.4, 0.5) is 0 Å². The molecule has 0 aliphatic rings. The summed E-state index contributed by atoms with van der Waals surface area (Å²) in [5.74, 6) is 0. The average molecular weight is 185 g/mol. The van der Waals surface area contributed by atoms with Crippen molar-refractivity contribution < 1.29 is 20.1 Å². The Morgan fingerprint density at radius 1 is 1.09 bits per heavy atom. The maximum Gasteiger partial charge on any atom is 0.120 e. The molecular weight excluding hydrogens is 172 g/mol. The van der Waals surface area contributed by atoms with Crippen LogP contribution in [0.1, 0.15) is 0 Å². The summed E-state index contributed by atoms with van der Waals surface area (Å²) in [6.45, 7) is -0.912. The predicted octanol–water partition coefficient (Wildman–Crippen LogP) is -0.837. The SMILES string of the molecule is OCC(CO)(CO)COCCl. The van der Waals surface area contributed by atoms with Gasteiger partial charge in [0.15, 0.2) is 0 Å². The van der Waals surface area contributed by atoms with E-state index in [4.69, 9.17) is 31.7 Å². The van der Waals surface area contributed by atoms with Gasteiger partial charge in [-0.05, 0) is 0 Å². The molecule has 0 rings (SSSR count). The van der Waals surface area contributed by atoms with E-state index < -0.39 is 5.41 Å². The largest absolute Gasteiger partial charge is 0.396 e. The molecule has 4 nitrogen and oxygen atoms in total. The normalized spacial score (nSPS) is 12.0. The van der Waals surface area contributed by atoms with Gasteiger partial charge in [-0.3, -0.25) is 0 Å². The Kier molecular flexibility index (Phi) is 5.81. The maximum atomic E-state index is 8.76. The van der Waals surface area contributed by atoms with Gasteiger partial charge < -0.3 is 20.1 Å². The lowest BCUT2D eigenvalue weighted by Gasteiger charge is -2.26. The summed E-state index contributed by atoms with van der Waals surface area (Å²) in [7, 11) is 0. The van der Waals surface area contributed by atoms with Gasteiger partial charge in [0.1, 0.15) is 6.07 Å². The Hall–Kier alpha value is 0.130. The summed E-state index contributed by atoms with van der Waals surface area (Å²) in [4.78, 5) is 0. The minimum atomic E-state index is -0.963. The fraction of sp³-hybridized carbons (Fsp3) is 1.00. The molecule has 0 heterocycles. The van der Waals surface area contributed by atoms with Gasteiger partial charge in [0, 0.05) is 0 Å². The zero-order valence-electron chi connectivity index (χ0n) is 6.16. The average Bonchev–Trinajstić information content (AvgIpc) is 2.08. The van der Waals surface area contributed by atoms with Crippen LogP contribution >= 0.6 is 11.6 Å². The van der Waals surface area contributed by atoms with Gasteiger partial charge in [-0.1, -0.05) is 11.6 Å². The third kappa shape index (κ3) is 3.35. The van der Waals surface area contributed by atoms with Gasteiger partial charge in [0.05, 0.1) is 31.8 Å². The zero-order chi connectivity index (χ0) is 8.74. The summed E-state index contributed by atoms with van der Waals surface area (Å²) < 4.78 is 4.76.